The van der Waals surface area contributed by atoms with Gasteiger partial charge in [-0.3, -0.25) is 0 Å². The van der Waals surface area contributed by atoms with E-state index in [1.54, 1.807) is 6.92 Å². The molecule has 0 bridgehead atoms. The van der Waals surface area contributed by atoms with E-state index < -0.39 is 0 Å². The summed E-state index contributed by atoms with van der Waals surface area (Å²) in [5, 5.41) is 3.90. The van der Waals surface area contributed by atoms with Crippen molar-refractivity contribution < 1.29 is 4.52 Å². The first-order chi connectivity index (χ1) is 9.15. The molecule has 0 fully saturated rings. The van der Waals surface area contributed by atoms with E-state index in [1.165, 1.54) is 17.7 Å². The number of hydrogen-bond acceptors (Lipinski definition) is 5. The van der Waals surface area contributed by atoms with Gasteiger partial charge in [0.25, 0.3) is 0 Å². The third-order valence-electron chi connectivity index (χ3n) is 3.64. The van der Waals surface area contributed by atoms with E-state index in [-0.39, 0.29) is 6.04 Å². The van der Waals surface area contributed by atoms with Crippen molar-refractivity contribution in [1.82, 2.24) is 10.1 Å². The highest BCUT2D eigenvalue weighted by atomic mass is 16.5. The fraction of sp³-hybridized carbons (Fsp3) is 0.429. The predicted molar refractivity (Wildman–Crippen MR) is 73.1 cm³/mol. The minimum Gasteiger partial charge on any atom is -0.374 e. The Morgan fingerprint density at radius 1 is 1.42 bits per heavy atom. The normalized spacial score (nSPS) is 16.3. The summed E-state index contributed by atoms with van der Waals surface area (Å²) in [6, 6.07) is 6.03. The maximum absolute atomic E-state index is 6.20. The second-order valence-corrected chi connectivity index (χ2v) is 5.06. The number of aromatic nitrogens is 2. The topological polar surface area (TPSA) is 68.2 Å². The predicted octanol–water partition coefficient (Wildman–Crippen LogP) is 1.81. The summed E-state index contributed by atoms with van der Waals surface area (Å²) in [5.74, 6) is 1.09. The molecule has 3 rings (SSSR count). The monoisotopic (exact) mass is 258 g/mol. The average Bonchev–Trinajstić information content (AvgIpc) is 2.84. The van der Waals surface area contributed by atoms with E-state index in [9.17, 15) is 0 Å². The maximum atomic E-state index is 6.20. The van der Waals surface area contributed by atoms with Gasteiger partial charge >= 0.3 is 0 Å². The van der Waals surface area contributed by atoms with Gasteiger partial charge in [-0.2, -0.15) is 4.98 Å². The number of benzene rings is 1. The first-order valence-corrected chi connectivity index (χ1v) is 6.55. The molecule has 5 nitrogen and oxygen atoms in total. The van der Waals surface area contributed by atoms with Crippen molar-refractivity contribution in [2.75, 3.05) is 18.5 Å². The second kappa shape index (κ2) is 4.66. The van der Waals surface area contributed by atoms with Gasteiger partial charge in [-0.25, -0.2) is 0 Å². The molecule has 2 aromatic rings. The van der Waals surface area contributed by atoms with Crippen LogP contribution < -0.4 is 10.6 Å². The number of fused-ring (bicyclic) bond motifs is 1. The van der Waals surface area contributed by atoms with Gasteiger partial charge in [0.15, 0.2) is 5.82 Å². The van der Waals surface area contributed by atoms with Crippen molar-refractivity contribution in [2.45, 2.75) is 25.8 Å². The average molecular weight is 258 g/mol. The van der Waals surface area contributed by atoms with Gasteiger partial charge in [-0.05, 0) is 30.0 Å². The fourth-order valence-corrected chi connectivity index (χ4v) is 2.59. The molecule has 0 aliphatic carbocycles. The number of nitrogens with two attached hydrogens (primary N) is 1. The third kappa shape index (κ3) is 2.21. The standard InChI is InChI=1S/C14H18N4O/c1-9-16-14(17-19-9)13(15)11-5-6-12-10(8-11)4-3-7-18(12)2/h5-6,8,13H,3-4,7,15H2,1-2H3. The van der Waals surface area contributed by atoms with Crippen LogP contribution in [0.3, 0.4) is 0 Å². The van der Waals surface area contributed by atoms with Crippen LogP contribution >= 0.6 is 0 Å². The zero-order valence-corrected chi connectivity index (χ0v) is 11.3. The van der Waals surface area contributed by atoms with Crippen LogP contribution in [0.25, 0.3) is 0 Å². The Bertz CT molecular complexity index is 593. The highest BCUT2D eigenvalue weighted by molar-refractivity contribution is 5.56. The molecule has 1 unspecified atom stereocenters. The van der Waals surface area contributed by atoms with Gasteiger partial charge in [0, 0.05) is 26.2 Å². The smallest absolute Gasteiger partial charge is 0.223 e. The molecule has 1 aliphatic rings. The molecule has 0 saturated heterocycles. The van der Waals surface area contributed by atoms with E-state index in [0.29, 0.717) is 11.7 Å². The summed E-state index contributed by atoms with van der Waals surface area (Å²) in [4.78, 5) is 6.49. The van der Waals surface area contributed by atoms with Crippen molar-refractivity contribution in [2.24, 2.45) is 5.73 Å². The Morgan fingerprint density at radius 2 is 2.26 bits per heavy atom. The summed E-state index contributed by atoms with van der Waals surface area (Å²) < 4.78 is 4.99. The molecule has 0 radical (unpaired) electrons. The van der Waals surface area contributed by atoms with Crippen LogP contribution in [-0.2, 0) is 6.42 Å². The minimum absolute atomic E-state index is 0.324. The Kier molecular flexibility index (Phi) is 2.98. The van der Waals surface area contributed by atoms with Crippen molar-refractivity contribution >= 4 is 5.69 Å². The molecule has 0 amide bonds. The zero-order valence-electron chi connectivity index (χ0n) is 11.3. The van der Waals surface area contributed by atoms with Gasteiger partial charge in [0.1, 0.15) is 0 Å². The SMILES string of the molecule is Cc1nc(C(N)c2ccc3c(c2)CCCN3C)no1. The van der Waals surface area contributed by atoms with Crippen LogP contribution in [0.5, 0.6) is 0 Å². The molecule has 1 aliphatic heterocycles. The number of aryl methyl sites for hydroxylation is 2. The molecule has 0 spiro atoms. The lowest BCUT2D eigenvalue weighted by atomic mass is 9.97. The largest absolute Gasteiger partial charge is 0.374 e. The van der Waals surface area contributed by atoms with Crippen LogP contribution in [-0.4, -0.2) is 23.7 Å². The van der Waals surface area contributed by atoms with E-state index in [4.69, 9.17) is 10.3 Å². The van der Waals surface area contributed by atoms with Gasteiger partial charge < -0.3 is 15.2 Å². The van der Waals surface area contributed by atoms with Gasteiger partial charge in [-0.1, -0.05) is 17.3 Å². The van der Waals surface area contributed by atoms with Gasteiger partial charge in [0.05, 0.1) is 6.04 Å². The van der Waals surface area contributed by atoms with Crippen LogP contribution in [0, 0.1) is 6.92 Å². The zero-order chi connectivity index (χ0) is 13.4. The molecule has 1 atom stereocenters. The highest BCUT2D eigenvalue weighted by Gasteiger charge is 2.19. The number of rotatable bonds is 2. The summed E-state index contributed by atoms with van der Waals surface area (Å²) in [7, 11) is 2.13. The first kappa shape index (κ1) is 12.2. The molecular formula is C14H18N4O. The fourth-order valence-electron chi connectivity index (χ4n) is 2.59. The summed E-state index contributed by atoms with van der Waals surface area (Å²) >= 11 is 0. The van der Waals surface area contributed by atoms with Crippen molar-refractivity contribution in [3.8, 4) is 0 Å². The van der Waals surface area contributed by atoms with Crippen molar-refractivity contribution in [3.05, 3.63) is 41.0 Å². The lowest BCUT2D eigenvalue weighted by Crippen LogP contribution is -2.25. The molecule has 2 N–H and O–H groups in total. The Hall–Kier alpha value is -1.88. The first-order valence-electron chi connectivity index (χ1n) is 6.55. The second-order valence-electron chi connectivity index (χ2n) is 5.06. The quantitative estimate of drug-likeness (QED) is 0.889. The van der Waals surface area contributed by atoms with E-state index >= 15 is 0 Å². The molecule has 5 heteroatoms. The van der Waals surface area contributed by atoms with E-state index in [2.05, 4.69) is 40.3 Å². The number of anilines is 1. The third-order valence-corrected chi connectivity index (χ3v) is 3.64. The van der Waals surface area contributed by atoms with E-state index in [0.717, 1.165) is 18.5 Å². The Balaban J connectivity index is 1.93. The van der Waals surface area contributed by atoms with Crippen LogP contribution in [0.2, 0.25) is 0 Å². The highest BCUT2D eigenvalue weighted by Crippen LogP contribution is 2.29. The minimum atomic E-state index is -0.324. The van der Waals surface area contributed by atoms with Crippen LogP contribution in [0.1, 0.15) is 35.3 Å². The molecule has 19 heavy (non-hydrogen) atoms. The van der Waals surface area contributed by atoms with Gasteiger partial charge in [0.2, 0.25) is 5.89 Å². The number of nitrogens with zero attached hydrogens (tertiary/aromatic N) is 3. The molecule has 1 aromatic carbocycles. The summed E-state index contributed by atoms with van der Waals surface area (Å²) in [5.41, 5.74) is 9.88. The molecule has 100 valence electrons. The molecular weight excluding hydrogens is 240 g/mol. The van der Waals surface area contributed by atoms with Gasteiger partial charge in [-0.15, -0.1) is 0 Å². The Morgan fingerprint density at radius 3 is 3.00 bits per heavy atom. The van der Waals surface area contributed by atoms with Crippen molar-refractivity contribution in [3.63, 3.8) is 0 Å². The maximum Gasteiger partial charge on any atom is 0.223 e. The molecule has 1 aromatic heterocycles. The number of hydrogen-bond donors (Lipinski definition) is 1. The summed E-state index contributed by atoms with van der Waals surface area (Å²) in [6.45, 7) is 2.88. The molecule has 0 saturated carbocycles. The summed E-state index contributed by atoms with van der Waals surface area (Å²) in [6.07, 6.45) is 2.29. The van der Waals surface area contributed by atoms with E-state index in [1.807, 2.05) is 0 Å². The Labute approximate surface area is 112 Å². The van der Waals surface area contributed by atoms with Crippen LogP contribution in [0.4, 0.5) is 5.69 Å². The lowest BCUT2D eigenvalue weighted by Gasteiger charge is -2.28. The van der Waals surface area contributed by atoms with Crippen LogP contribution in [0.15, 0.2) is 22.7 Å². The lowest BCUT2D eigenvalue weighted by molar-refractivity contribution is 0.385. The van der Waals surface area contributed by atoms with Crippen molar-refractivity contribution in [1.29, 1.82) is 0 Å². The molecule has 2 heterocycles.